The normalized spacial score (nSPS) is 18.9. The van der Waals surface area contributed by atoms with Crippen molar-refractivity contribution in [3.05, 3.63) is 71.3 Å². The van der Waals surface area contributed by atoms with Gasteiger partial charge in [0.15, 0.2) is 0 Å². The van der Waals surface area contributed by atoms with Gasteiger partial charge in [-0.2, -0.15) is 4.31 Å². The summed E-state index contributed by atoms with van der Waals surface area (Å²) in [6.45, 7) is 2.59. The molecule has 3 aromatic carbocycles. The van der Waals surface area contributed by atoms with E-state index < -0.39 is 10.0 Å². The van der Waals surface area contributed by atoms with E-state index in [1.807, 2.05) is 19.1 Å². The molecule has 1 amide bonds. The first kappa shape index (κ1) is 20.2. The van der Waals surface area contributed by atoms with Crippen molar-refractivity contribution in [1.82, 2.24) is 4.31 Å². The van der Waals surface area contributed by atoms with Gasteiger partial charge in [0.1, 0.15) is 0 Å². The molecule has 0 aromatic heterocycles. The van der Waals surface area contributed by atoms with Gasteiger partial charge >= 0.3 is 0 Å². The fourth-order valence-corrected chi connectivity index (χ4v) is 6.35. The average molecular weight is 435 g/mol. The second-order valence-electron chi connectivity index (χ2n) is 8.62. The summed E-state index contributed by atoms with van der Waals surface area (Å²) in [4.78, 5) is 13.4. The van der Waals surface area contributed by atoms with Gasteiger partial charge in [-0.25, -0.2) is 8.42 Å². The smallest absolute Gasteiger partial charge is 0.243 e. The third-order valence-corrected chi connectivity index (χ3v) is 8.43. The van der Waals surface area contributed by atoms with Crippen LogP contribution in [-0.2, 0) is 27.7 Å². The molecule has 6 heteroatoms. The van der Waals surface area contributed by atoms with E-state index >= 15 is 0 Å². The van der Waals surface area contributed by atoms with E-state index in [4.69, 9.17) is 0 Å². The Balaban J connectivity index is 1.36. The predicted molar refractivity (Wildman–Crippen MR) is 123 cm³/mol. The zero-order chi connectivity index (χ0) is 21.6. The van der Waals surface area contributed by atoms with Gasteiger partial charge in [-0.05, 0) is 67.3 Å². The van der Waals surface area contributed by atoms with Crippen molar-refractivity contribution in [3.63, 3.8) is 0 Å². The van der Waals surface area contributed by atoms with Crippen LogP contribution in [0.15, 0.2) is 59.5 Å². The van der Waals surface area contributed by atoms with E-state index in [0.29, 0.717) is 19.4 Å². The Hall–Kier alpha value is -2.70. The van der Waals surface area contributed by atoms with Crippen LogP contribution in [0, 0.1) is 12.8 Å². The molecule has 0 spiro atoms. The molecule has 2 aliphatic rings. The van der Waals surface area contributed by atoms with Gasteiger partial charge in [-0.3, -0.25) is 4.79 Å². The number of amides is 1. The van der Waals surface area contributed by atoms with E-state index in [-0.39, 0.29) is 23.3 Å². The maximum Gasteiger partial charge on any atom is 0.243 e. The summed E-state index contributed by atoms with van der Waals surface area (Å²) in [6, 6.07) is 17.2. The van der Waals surface area contributed by atoms with Crippen molar-refractivity contribution in [2.45, 2.75) is 37.5 Å². The van der Waals surface area contributed by atoms with Crippen LogP contribution in [0.3, 0.4) is 0 Å². The summed E-state index contributed by atoms with van der Waals surface area (Å²) in [7, 11) is -3.60. The van der Waals surface area contributed by atoms with Crippen LogP contribution in [-0.4, -0.2) is 31.7 Å². The lowest BCUT2D eigenvalue weighted by Gasteiger charge is -2.31. The highest BCUT2D eigenvalue weighted by Gasteiger charge is 2.33. The lowest BCUT2D eigenvalue weighted by molar-refractivity contribution is -0.120. The second kappa shape index (κ2) is 7.77. The van der Waals surface area contributed by atoms with Gasteiger partial charge in [0.2, 0.25) is 15.9 Å². The maximum atomic E-state index is 13.1. The molecule has 1 fully saturated rings. The topological polar surface area (TPSA) is 66.5 Å². The van der Waals surface area contributed by atoms with Crippen molar-refractivity contribution in [2.24, 2.45) is 5.92 Å². The molecule has 5 nitrogen and oxygen atoms in total. The monoisotopic (exact) mass is 434 g/mol. The Morgan fingerprint density at radius 3 is 2.52 bits per heavy atom. The lowest BCUT2D eigenvalue weighted by atomic mass is 9.98. The molecule has 1 aliphatic heterocycles. The molecule has 1 atom stereocenters. The molecule has 1 unspecified atom stereocenters. The van der Waals surface area contributed by atoms with Gasteiger partial charge in [0, 0.05) is 24.2 Å². The van der Waals surface area contributed by atoms with Crippen LogP contribution < -0.4 is 5.32 Å². The van der Waals surface area contributed by atoms with E-state index in [0.717, 1.165) is 29.5 Å². The highest BCUT2D eigenvalue weighted by atomic mass is 32.2. The van der Waals surface area contributed by atoms with Crippen molar-refractivity contribution < 1.29 is 13.2 Å². The van der Waals surface area contributed by atoms with Crippen LogP contribution in [0.25, 0.3) is 10.8 Å². The zero-order valence-corrected chi connectivity index (χ0v) is 18.4. The Kier molecular flexibility index (Phi) is 5.07. The molecule has 0 bridgehead atoms. The van der Waals surface area contributed by atoms with Gasteiger partial charge < -0.3 is 5.32 Å². The number of nitrogens with zero attached hydrogens (tertiary/aromatic N) is 1. The highest BCUT2D eigenvalue weighted by molar-refractivity contribution is 7.89. The standard InChI is InChI=1S/C25H26N2O3S/c1-17-7-12-21(13-8-17)31(29,30)27-15-3-5-20(16-27)25(28)26-23-14-11-19-10-9-18-4-2-6-22(23)24(18)19/h2,4,6-8,11-14,20H,3,5,9-10,15-16H2,1H3,(H,26,28). The number of carbonyl (C=O) groups excluding carboxylic acids is 1. The quantitative estimate of drug-likeness (QED) is 0.666. The van der Waals surface area contributed by atoms with Crippen LogP contribution in [0.5, 0.6) is 0 Å². The number of aryl methyl sites for hydroxylation is 3. The summed E-state index contributed by atoms with van der Waals surface area (Å²) >= 11 is 0. The zero-order valence-electron chi connectivity index (χ0n) is 17.6. The number of benzene rings is 3. The molecule has 3 aromatic rings. The molecule has 160 valence electrons. The van der Waals surface area contributed by atoms with E-state index in [2.05, 4.69) is 23.5 Å². The number of piperidine rings is 1. The van der Waals surface area contributed by atoms with Gasteiger partial charge in [0.25, 0.3) is 0 Å². The van der Waals surface area contributed by atoms with Crippen LogP contribution >= 0.6 is 0 Å². The first-order chi connectivity index (χ1) is 14.9. The third kappa shape index (κ3) is 3.64. The van der Waals surface area contributed by atoms with Crippen molar-refractivity contribution >= 4 is 32.4 Å². The molecule has 5 rings (SSSR count). The van der Waals surface area contributed by atoms with E-state index in [1.165, 1.54) is 20.8 Å². The molecule has 1 heterocycles. The second-order valence-corrected chi connectivity index (χ2v) is 10.6. The molecular formula is C25H26N2O3S. The highest BCUT2D eigenvalue weighted by Crippen LogP contribution is 2.35. The molecule has 31 heavy (non-hydrogen) atoms. The van der Waals surface area contributed by atoms with Crippen molar-refractivity contribution in [2.75, 3.05) is 18.4 Å². The number of hydrogen-bond acceptors (Lipinski definition) is 3. The van der Waals surface area contributed by atoms with E-state index in [1.54, 1.807) is 24.3 Å². The molecule has 1 N–H and O–H groups in total. The van der Waals surface area contributed by atoms with E-state index in [9.17, 15) is 13.2 Å². The van der Waals surface area contributed by atoms with Gasteiger partial charge in [-0.15, -0.1) is 0 Å². The van der Waals surface area contributed by atoms with Gasteiger partial charge in [-0.1, -0.05) is 42.0 Å². The third-order valence-electron chi connectivity index (χ3n) is 6.55. The maximum absolute atomic E-state index is 13.1. The summed E-state index contributed by atoms with van der Waals surface area (Å²) in [5, 5.41) is 5.42. The molecule has 1 aliphatic carbocycles. The average Bonchev–Trinajstić information content (AvgIpc) is 3.21. The molecule has 0 radical (unpaired) electrons. The van der Waals surface area contributed by atoms with Crippen LogP contribution in [0.4, 0.5) is 5.69 Å². The Morgan fingerprint density at radius 1 is 1.00 bits per heavy atom. The minimum atomic E-state index is -3.60. The minimum absolute atomic E-state index is 0.109. The van der Waals surface area contributed by atoms with Crippen LogP contribution in [0.1, 0.15) is 29.5 Å². The fourth-order valence-electron chi connectivity index (χ4n) is 4.82. The number of sulfonamides is 1. The molecular weight excluding hydrogens is 408 g/mol. The largest absolute Gasteiger partial charge is 0.325 e. The Labute approximate surface area is 183 Å². The number of nitrogens with one attached hydrogen (secondary N) is 1. The van der Waals surface area contributed by atoms with Crippen LogP contribution in [0.2, 0.25) is 0 Å². The minimum Gasteiger partial charge on any atom is -0.325 e. The lowest BCUT2D eigenvalue weighted by Crippen LogP contribution is -2.43. The number of hydrogen-bond donors (Lipinski definition) is 1. The summed E-state index contributed by atoms with van der Waals surface area (Å²) < 4.78 is 27.6. The Bertz CT molecular complexity index is 1260. The summed E-state index contributed by atoms with van der Waals surface area (Å²) in [5.41, 5.74) is 4.49. The summed E-state index contributed by atoms with van der Waals surface area (Å²) in [6.07, 6.45) is 3.44. The predicted octanol–water partition coefficient (Wildman–Crippen LogP) is 4.29. The number of rotatable bonds is 4. The first-order valence-electron chi connectivity index (χ1n) is 10.8. The van der Waals surface area contributed by atoms with Gasteiger partial charge in [0.05, 0.1) is 10.8 Å². The number of anilines is 1. The Morgan fingerprint density at radius 2 is 1.74 bits per heavy atom. The fraction of sp³-hybridized carbons (Fsp3) is 0.320. The van der Waals surface area contributed by atoms with Crippen molar-refractivity contribution in [1.29, 1.82) is 0 Å². The first-order valence-corrected chi connectivity index (χ1v) is 12.3. The van der Waals surface area contributed by atoms with Crippen molar-refractivity contribution in [3.8, 4) is 0 Å². The SMILES string of the molecule is Cc1ccc(S(=O)(=O)N2CCCC(C(=O)Nc3ccc4c5c(cccc35)CC4)C2)cc1. The molecule has 1 saturated heterocycles. The number of carbonyl (C=O) groups is 1. The molecule has 0 saturated carbocycles. The summed E-state index contributed by atoms with van der Waals surface area (Å²) in [5.74, 6) is -0.473.